The van der Waals surface area contributed by atoms with Crippen LogP contribution < -0.4 is 4.57 Å². The summed E-state index contributed by atoms with van der Waals surface area (Å²) in [5.74, 6) is 0. The van der Waals surface area contributed by atoms with E-state index in [1.807, 2.05) is 0 Å². The predicted octanol–water partition coefficient (Wildman–Crippen LogP) is 4.40. The SMILES string of the molecule is Cc1ccc(Br)cc1-c1c2ccccc2cc[n+]1C. The third-order valence-electron chi connectivity index (χ3n) is 3.50. The van der Waals surface area contributed by atoms with Crippen LogP contribution in [0.15, 0.2) is 59.2 Å². The van der Waals surface area contributed by atoms with Crippen molar-refractivity contribution in [3.63, 3.8) is 0 Å². The minimum Gasteiger partial charge on any atom is -0.200 e. The van der Waals surface area contributed by atoms with Crippen LogP contribution >= 0.6 is 15.9 Å². The van der Waals surface area contributed by atoms with Gasteiger partial charge in [-0.05, 0) is 36.1 Å². The summed E-state index contributed by atoms with van der Waals surface area (Å²) < 4.78 is 3.30. The molecule has 0 saturated heterocycles. The molecule has 1 heterocycles. The topological polar surface area (TPSA) is 3.88 Å². The molecule has 0 aliphatic carbocycles. The van der Waals surface area contributed by atoms with Gasteiger partial charge in [-0.15, -0.1) is 0 Å². The van der Waals surface area contributed by atoms with Gasteiger partial charge >= 0.3 is 0 Å². The van der Waals surface area contributed by atoms with Crippen LogP contribution in [-0.2, 0) is 7.05 Å². The van der Waals surface area contributed by atoms with Gasteiger partial charge < -0.3 is 0 Å². The van der Waals surface area contributed by atoms with E-state index in [4.69, 9.17) is 0 Å². The first-order valence-corrected chi connectivity index (χ1v) is 7.10. The lowest BCUT2D eigenvalue weighted by Crippen LogP contribution is -2.30. The van der Waals surface area contributed by atoms with E-state index in [0.29, 0.717) is 0 Å². The molecule has 0 aliphatic heterocycles. The quantitative estimate of drug-likeness (QED) is 0.586. The molecule has 0 aliphatic rings. The van der Waals surface area contributed by atoms with Crippen molar-refractivity contribution < 1.29 is 4.57 Å². The highest BCUT2D eigenvalue weighted by molar-refractivity contribution is 9.10. The van der Waals surface area contributed by atoms with Gasteiger partial charge in [-0.25, -0.2) is 4.57 Å². The molecule has 2 heteroatoms. The lowest BCUT2D eigenvalue weighted by molar-refractivity contribution is -0.659. The molecule has 2 aromatic carbocycles. The average molecular weight is 313 g/mol. The third kappa shape index (κ3) is 2.17. The van der Waals surface area contributed by atoms with Gasteiger partial charge in [-0.1, -0.05) is 40.2 Å². The molecular formula is C17H15BrN+. The Bertz CT molecular complexity index is 762. The number of fused-ring (bicyclic) bond motifs is 1. The number of aryl methyl sites for hydroxylation is 2. The molecule has 0 spiro atoms. The number of hydrogen-bond donors (Lipinski definition) is 0. The summed E-state index contributed by atoms with van der Waals surface area (Å²) in [6, 6.07) is 17.1. The Morgan fingerprint density at radius 2 is 1.79 bits per heavy atom. The first-order chi connectivity index (χ1) is 9.16. The molecule has 0 N–H and O–H groups in total. The number of hydrogen-bond acceptors (Lipinski definition) is 0. The third-order valence-corrected chi connectivity index (χ3v) is 3.99. The molecule has 94 valence electrons. The molecule has 0 fully saturated rings. The van der Waals surface area contributed by atoms with E-state index in [9.17, 15) is 0 Å². The summed E-state index contributed by atoms with van der Waals surface area (Å²) in [6.45, 7) is 2.16. The molecule has 0 radical (unpaired) electrons. The Morgan fingerprint density at radius 3 is 2.63 bits per heavy atom. The van der Waals surface area contributed by atoms with Gasteiger partial charge in [0, 0.05) is 10.5 Å². The van der Waals surface area contributed by atoms with E-state index in [1.165, 1.54) is 27.6 Å². The van der Waals surface area contributed by atoms with Crippen molar-refractivity contribution in [1.82, 2.24) is 0 Å². The number of pyridine rings is 1. The summed E-state index contributed by atoms with van der Waals surface area (Å²) in [5.41, 5.74) is 3.82. The molecule has 0 saturated carbocycles. The van der Waals surface area contributed by atoms with Gasteiger partial charge in [0.2, 0.25) is 5.69 Å². The monoisotopic (exact) mass is 312 g/mol. The van der Waals surface area contributed by atoms with Crippen molar-refractivity contribution >= 4 is 26.7 Å². The zero-order valence-electron chi connectivity index (χ0n) is 11.0. The smallest absolute Gasteiger partial charge is 0.200 e. The molecule has 0 amide bonds. The summed E-state index contributed by atoms with van der Waals surface area (Å²) in [4.78, 5) is 0. The molecule has 1 aromatic heterocycles. The van der Waals surface area contributed by atoms with Gasteiger partial charge in [0.25, 0.3) is 0 Å². The van der Waals surface area contributed by atoms with E-state index in [2.05, 4.69) is 89.2 Å². The Balaban J connectivity index is 2.41. The summed E-state index contributed by atoms with van der Waals surface area (Å²) >= 11 is 3.57. The maximum Gasteiger partial charge on any atom is 0.220 e. The normalized spacial score (nSPS) is 10.9. The van der Waals surface area contributed by atoms with Crippen LogP contribution in [0.4, 0.5) is 0 Å². The Morgan fingerprint density at radius 1 is 1.00 bits per heavy atom. The van der Waals surface area contributed by atoms with Crippen LogP contribution in [-0.4, -0.2) is 0 Å². The lowest BCUT2D eigenvalue weighted by atomic mass is 10.00. The molecule has 0 unspecified atom stereocenters. The van der Waals surface area contributed by atoms with Crippen LogP contribution in [0, 0.1) is 6.92 Å². The van der Waals surface area contributed by atoms with Gasteiger partial charge in [-0.3, -0.25) is 0 Å². The first-order valence-electron chi connectivity index (χ1n) is 6.31. The van der Waals surface area contributed by atoms with Gasteiger partial charge in [0.05, 0.1) is 10.9 Å². The van der Waals surface area contributed by atoms with Crippen molar-refractivity contribution in [1.29, 1.82) is 0 Å². The Labute approximate surface area is 121 Å². The molecule has 0 bridgehead atoms. The van der Waals surface area contributed by atoms with E-state index in [-0.39, 0.29) is 0 Å². The second-order valence-electron chi connectivity index (χ2n) is 4.82. The zero-order valence-corrected chi connectivity index (χ0v) is 12.6. The fourth-order valence-electron chi connectivity index (χ4n) is 2.50. The van der Waals surface area contributed by atoms with Gasteiger partial charge in [0.15, 0.2) is 6.20 Å². The number of aromatic nitrogens is 1. The van der Waals surface area contributed by atoms with Crippen LogP contribution in [0.5, 0.6) is 0 Å². The van der Waals surface area contributed by atoms with Gasteiger partial charge in [-0.2, -0.15) is 0 Å². The van der Waals surface area contributed by atoms with Crippen molar-refractivity contribution in [2.75, 3.05) is 0 Å². The zero-order chi connectivity index (χ0) is 13.4. The number of benzene rings is 2. The van der Waals surface area contributed by atoms with Crippen molar-refractivity contribution in [2.45, 2.75) is 6.92 Å². The van der Waals surface area contributed by atoms with Crippen LogP contribution in [0.25, 0.3) is 22.0 Å². The average Bonchev–Trinajstić information content (AvgIpc) is 2.42. The van der Waals surface area contributed by atoms with E-state index in [1.54, 1.807) is 0 Å². The molecular weight excluding hydrogens is 298 g/mol. The summed E-state index contributed by atoms with van der Waals surface area (Å²) in [5, 5.41) is 2.56. The van der Waals surface area contributed by atoms with E-state index >= 15 is 0 Å². The highest BCUT2D eigenvalue weighted by Gasteiger charge is 2.16. The Kier molecular flexibility index (Phi) is 3.11. The second-order valence-corrected chi connectivity index (χ2v) is 5.74. The second kappa shape index (κ2) is 4.78. The van der Waals surface area contributed by atoms with Crippen LogP contribution in [0.2, 0.25) is 0 Å². The fraction of sp³-hybridized carbons (Fsp3) is 0.118. The van der Waals surface area contributed by atoms with E-state index < -0.39 is 0 Å². The van der Waals surface area contributed by atoms with Crippen molar-refractivity contribution in [3.8, 4) is 11.3 Å². The largest absolute Gasteiger partial charge is 0.220 e. The first kappa shape index (κ1) is 12.4. The van der Waals surface area contributed by atoms with E-state index in [0.717, 1.165) is 4.47 Å². The maximum absolute atomic E-state index is 3.57. The number of halogens is 1. The fourth-order valence-corrected chi connectivity index (χ4v) is 2.86. The number of nitrogens with zero attached hydrogens (tertiary/aromatic N) is 1. The molecule has 0 atom stereocenters. The minimum absolute atomic E-state index is 1.11. The molecule has 3 rings (SSSR count). The standard InChI is InChI=1S/C17H15BrN/c1-12-7-8-14(18)11-16(12)17-15-6-4-3-5-13(15)9-10-19(17)2/h3-11H,1-2H3/q+1. The highest BCUT2D eigenvalue weighted by atomic mass is 79.9. The highest BCUT2D eigenvalue weighted by Crippen LogP contribution is 2.29. The van der Waals surface area contributed by atoms with Crippen molar-refractivity contribution in [3.05, 3.63) is 64.8 Å². The molecule has 3 aromatic rings. The summed E-state index contributed by atoms with van der Waals surface area (Å²) in [6.07, 6.45) is 2.12. The lowest BCUT2D eigenvalue weighted by Gasteiger charge is -2.08. The summed E-state index contributed by atoms with van der Waals surface area (Å²) in [7, 11) is 2.10. The molecule has 19 heavy (non-hydrogen) atoms. The van der Waals surface area contributed by atoms with Gasteiger partial charge in [0.1, 0.15) is 7.05 Å². The Hall–Kier alpha value is -1.67. The van der Waals surface area contributed by atoms with Crippen LogP contribution in [0.1, 0.15) is 5.56 Å². The minimum atomic E-state index is 1.11. The number of rotatable bonds is 1. The molecule has 1 nitrogen and oxygen atoms in total. The predicted molar refractivity (Wildman–Crippen MR) is 83.0 cm³/mol. The maximum atomic E-state index is 3.57. The van der Waals surface area contributed by atoms with Crippen molar-refractivity contribution in [2.24, 2.45) is 7.05 Å². The van der Waals surface area contributed by atoms with Crippen LogP contribution in [0.3, 0.4) is 0 Å².